The lowest BCUT2D eigenvalue weighted by Crippen LogP contribution is -2.18. The first-order chi connectivity index (χ1) is 8.40. The molecule has 0 saturated carbocycles. The molecule has 2 rings (SSSR count). The van der Waals surface area contributed by atoms with Gasteiger partial charge in [-0.1, -0.05) is 13.8 Å². The second kappa shape index (κ2) is 5.27. The number of nitrogens with one attached hydrogen (secondary N) is 1. The van der Waals surface area contributed by atoms with Crippen molar-refractivity contribution in [3.63, 3.8) is 0 Å². The average molecular weight is 392 g/mol. The molecule has 3 nitrogen and oxygen atoms in total. The fourth-order valence-corrected chi connectivity index (χ4v) is 3.84. The summed E-state index contributed by atoms with van der Waals surface area (Å²) < 4.78 is 1.96. The molecule has 0 fully saturated rings. The number of aromatic nitrogens is 2. The zero-order chi connectivity index (χ0) is 13.4. The summed E-state index contributed by atoms with van der Waals surface area (Å²) in [7, 11) is 0. The highest BCUT2D eigenvalue weighted by Crippen LogP contribution is 2.36. The van der Waals surface area contributed by atoms with E-state index >= 15 is 0 Å². The smallest absolute Gasteiger partial charge is 0.254 e. The molecule has 0 spiro atoms. The summed E-state index contributed by atoms with van der Waals surface area (Å²) in [5.74, 6) is 0.801. The molecule has 1 N–H and O–H groups in total. The molecule has 2 heterocycles. The van der Waals surface area contributed by atoms with Crippen LogP contribution in [0, 0.1) is 6.92 Å². The Bertz CT molecular complexity index is 627. The number of aromatic amines is 1. The highest BCUT2D eigenvalue weighted by atomic mass is 79.9. The molecule has 0 radical (unpaired) electrons. The topological polar surface area (TPSA) is 45.8 Å². The van der Waals surface area contributed by atoms with Gasteiger partial charge in [-0.15, -0.1) is 11.3 Å². The van der Waals surface area contributed by atoms with Crippen molar-refractivity contribution in [3.8, 4) is 10.7 Å². The van der Waals surface area contributed by atoms with E-state index in [0.29, 0.717) is 5.82 Å². The van der Waals surface area contributed by atoms with Crippen molar-refractivity contribution in [3.05, 3.63) is 35.9 Å². The highest BCUT2D eigenvalue weighted by molar-refractivity contribution is 9.13. The van der Waals surface area contributed by atoms with Gasteiger partial charge in [-0.3, -0.25) is 4.79 Å². The molecule has 6 heteroatoms. The second-order valence-electron chi connectivity index (χ2n) is 4.30. The molecule has 0 aliphatic heterocycles. The van der Waals surface area contributed by atoms with Gasteiger partial charge in [0.25, 0.3) is 5.56 Å². The third-order valence-corrected chi connectivity index (χ3v) is 5.86. The number of hydrogen-bond donors (Lipinski definition) is 1. The maximum atomic E-state index is 12.1. The van der Waals surface area contributed by atoms with Gasteiger partial charge < -0.3 is 4.98 Å². The molecule has 18 heavy (non-hydrogen) atoms. The summed E-state index contributed by atoms with van der Waals surface area (Å²) in [6.45, 7) is 5.88. The van der Waals surface area contributed by atoms with E-state index in [4.69, 9.17) is 0 Å². The fourth-order valence-electron chi connectivity index (χ4n) is 1.86. The molecule has 0 aromatic carbocycles. The first kappa shape index (κ1) is 14.0. The van der Waals surface area contributed by atoms with E-state index in [1.54, 1.807) is 0 Å². The zero-order valence-electron chi connectivity index (χ0n) is 10.2. The van der Waals surface area contributed by atoms with Crippen molar-refractivity contribution >= 4 is 43.2 Å². The lowest BCUT2D eigenvalue weighted by atomic mass is 10.0. The maximum Gasteiger partial charge on any atom is 0.254 e. The predicted octanol–water partition coefficient (Wildman–Crippen LogP) is 4.46. The molecule has 0 amide bonds. The molecule has 0 aliphatic rings. The van der Waals surface area contributed by atoms with Crippen LogP contribution in [-0.4, -0.2) is 9.97 Å². The van der Waals surface area contributed by atoms with Crippen molar-refractivity contribution in [2.24, 2.45) is 0 Å². The molecular weight excluding hydrogens is 380 g/mol. The molecule has 0 aliphatic carbocycles. The number of nitrogens with zero attached hydrogens (tertiary/aromatic N) is 1. The zero-order valence-corrected chi connectivity index (χ0v) is 14.2. The van der Waals surface area contributed by atoms with E-state index in [1.807, 2.05) is 26.8 Å². The summed E-state index contributed by atoms with van der Waals surface area (Å²) in [5.41, 5.74) is 1.51. The minimum Gasteiger partial charge on any atom is -0.306 e. The Balaban J connectivity index is 2.58. The minimum atomic E-state index is -0.0480. The van der Waals surface area contributed by atoms with E-state index in [2.05, 4.69) is 41.8 Å². The Hall–Kier alpha value is -0.460. The summed E-state index contributed by atoms with van der Waals surface area (Å²) in [6.07, 6.45) is 0. The van der Waals surface area contributed by atoms with Crippen LogP contribution < -0.4 is 5.56 Å². The molecular formula is C12H12Br2N2OS. The molecule has 2 aromatic heterocycles. The van der Waals surface area contributed by atoms with Crippen LogP contribution in [-0.2, 0) is 0 Å². The maximum absolute atomic E-state index is 12.1. The van der Waals surface area contributed by atoms with Gasteiger partial charge in [0.15, 0.2) is 5.82 Å². The number of aryl methyl sites for hydroxylation is 1. The molecule has 0 saturated heterocycles. The Kier molecular flexibility index (Phi) is 4.08. The van der Waals surface area contributed by atoms with Gasteiger partial charge in [0, 0.05) is 15.7 Å². The van der Waals surface area contributed by atoms with Crippen LogP contribution in [0.4, 0.5) is 0 Å². The van der Waals surface area contributed by atoms with E-state index in [1.165, 1.54) is 11.3 Å². The monoisotopic (exact) mass is 390 g/mol. The molecule has 96 valence electrons. The number of H-pyrrole nitrogens is 1. The Morgan fingerprint density at radius 2 is 2.06 bits per heavy atom. The second-order valence-corrected chi connectivity index (χ2v) is 7.53. The van der Waals surface area contributed by atoms with Gasteiger partial charge in [-0.25, -0.2) is 4.98 Å². The van der Waals surface area contributed by atoms with Gasteiger partial charge >= 0.3 is 0 Å². The third kappa shape index (κ3) is 2.60. The highest BCUT2D eigenvalue weighted by Gasteiger charge is 2.14. The first-order valence-corrected chi connectivity index (χ1v) is 7.86. The first-order valence-electron chi connectivity index (χ1n) is 5.46. The number of hydrogen-bond acceptors (Lipinski definition) is 3. The lowest BCUT2D eigenvalue weighted by Gasteiger charge is -2.08. The van der Waals surface area contributed by atoms with Crippen molar-refractivity contribution in [1.82, 2.24) is 9.97 Å². The van der Waals surface area contributed by atoms with Crippen LogP contribution in [0.1, 0.15) is 31.0 Å². The standard InChI is InChI=1S/C12H12Br2N2OS/c1-5(2)9-6(3)15-11(16-12(9)17)8-4-7(13)10(14)18-8/h4-5H,1-3H3,(H,15,16,17). The normalized spacial score (nSPS) is 11.2. The number of rotatable bonds is 2. The Morgan fingerprint density at radius 3 is 2.50 bits per heavy atom. The molecule has 0 unspecified atom stereocenters. The number of thiophene rings is 1. The molecule has 0 bridgehead atoms. The molecule has 0 atom stereocenters. The largest absolute Gasteiger partial charge is 0.306 e. The van der Waals surface area contributed by atoms with Crippen molar-refractivity contribution in [2.45, 2.75) is 26.7 Å². The summed E-state index contributed by atoms with van der Waals surface area (Å²) in [5, 5.41) is 0. The number of halogens is 2. The van der Waals surface area contributed by atoms with Crippen LogP contribution >= 0.6 is 43.2 Å². The predicted molar refractivity (Wildman–Crippen MR) is 82.4 cm³/mol. The van der Waals surface area contributed by atoms with Crippen LogP contribution in [0.5, 0.6) is 0 Å². The van der Waals surface area contributed by atoms with E-state index in [0.717, 1.165) is 24.4 Å². The Morgan fingerprint density at radius 1 is 1.39 bits per heavy atom. The van der Waals surface area contributed by atoms with Crippen molar-refractivity contribution in [2.75, 3.05) is 0 Å². The van der Waals surface area contributed by atoms with Crippen molar-refractivity contribution in [1.29, 1.82) is 0 Å². The summed E-state index contributed by atoms with van der Waals surface area (Å²) in [6, 6.07) is 1.95. The van der Waals surface area contributed by atoms with E-state index in [9.17, 15) is 4.79 Å². The SMILES string of the molecule is Cc1nc(-c2cc(Br)c(Br)s2)[nH]c(=O)c1C(C)C. The summed E-state index contributed by atoms with van der Waals surface area (Å²) >= 11 is 8.41. The third-order valence-electron chi connectivity index (χ3n) is 2.60. The quantitative estimate of drug-likeness (QED) is 0.821. The Labute approximate surface area is 126 Å². The van der Waals surface area contributed by atoms with Gasteiger partial charge in [0.05, 0.1) is 8.66 Å². The van der Waals surface area contributed by atoms with Gasteiger partial charge in [0.2, 0.25) is 0 Å². The lowest BCUT2D eigenvalue weighted by molar-refractivity contribution is 0.815. The van der Waals surface area contributed by atoms with Gasteiger partial charge in [-0.2, -0.15) is 0 Å². The van der Waals surface area contributed by atoms with E-state index < -0.39 is 0 Å². The van der Waals surface area contributed by atoms with E-state index in [-0.39, 0.29) is 11.5 Å². The average Bonchev–Trinajstić information content (AvgIpc) is 2.57. The van der Waals surface area contributed by atoms with Crippen LogP contribution in [0.3, 0.4) is 0 Å². The fraction of sp³-hybridized carbons (Fsp3) is 0.333. The van der Waals surface area contributed by atoms with Gasteiger partial charge in [-0.05, 0) is 50.8 Å². The van der Waals surface area contributed by atoms with Crippen LogP contribution in [0.2, 0.25) is 0 Å². The van der Waals surface area contributed by atoms with Crippen molar-refractivity contribution < 1.29 is 0 Å². The minimum absolute atomic E-state index is 0.0480. The van der Waals surface area contributed by atoms with Gasteiger partial charge in [0.1, 0.15) is 0 Å². The summed E-state index contributed by atoms with van der Waals surface area (Å²) in [4.78, 5) is 20.3. The van der Waals surface area contributed by atoms with Crippen LogP contribution in [0.15, 0.2) is 19.1 Å². The molecule has 2 aromatic rings. The van der Waals surface area contributed by atoms with Crippen LogP contribution in [0.25, 0.3) is 10.7 Å².